The van der Waals surface area contributed by atoms with Gasteiger partial charge >= 0.3 is 5.97 Å². The summed E-state index contributed by atoms with van der Waals surface area (Å²) in [5, 5.41) is 7.18. The average molecular weight is 268 g/mol. The van der Waals surface area contributed by atoms with Crippen LogP contribution in [0.5, 0.6) is 0 Å². The molecule has 4 nitrogen and oxygen atoms in total. The SMILES string of the molecule is COC(=O)[C@H](C)NC1CCCCC1C1CCCCN1. The predicted molar refractivity (Wildman–Crippen MR) is 76.0 cm³/mol. The highest BCUT2D eigenvalue weighted by Crippen LogP contribution is 2.30. The summed E-state index contributed by atoms with van der Waals surface area (Å²) >= 11 is 0. The van der Waals surface area contributed by atoms with Crippen LogP contribution < -0.4 is 10.6 Å². The summed E-state index contributed by atoms with van der Waals surface area (Å²) in [6.45, 7) is 3.06. The highest BCUT2D eigenvalue weighted by molar-refractivity contribution is 5.75. The van der Waals surface area contributed by atoms with E-state index in [-0.39, 0.29) is 12.0 Å². The van der Waals surface area contributed by atoms with Gasteiger partial charge < -0.3 is 15.4 Å². The Morgan fingerprint density at radius 2 is 1.95 bits per heavy atom. The Balaban J connectivity index is 1.93. The molecule has 1 aliphatic carbocycles. The van der Waals surface area contributed by atoms with Crippen molar-refractivity contribution in [3.63, 3.8) is 0 Å². The van der Waals surface area contributed by atoms with E-state index in [1.165, 1.54) is 52.1 Å². The van der Waals surface area contributed by atoms with Gasteiger partial charge in [-0.3, -0.25) is 4.79 Å². The summed E-state index contributed by atoms with van der Waals surface area (Å²) in [5.74, 6) is 0.516. The van der Waals surface area contributed by atoms with Gasteiger partial charge in [0.05, 0.1) is 7.11 Å². The van der Waals surface area contributed by atoms with Crippen molar-refractivity contribution in [2.45, 2.75) is 70.0 Å². The van der Waals surface area contributed by atoms with E-state index in [0.29, 0.717) is 18.0 Å². The van der Waals surface area contributed by atoms with Crippen molar-refractivity contribution in [3.8, 4) is 0 Å². The van der Waals surface area contributed by atoms with E-state index in [4.69, 9.17) is 4.74 Å². The molecule has 1 saturated carbocycles. The maximum Gasteiger partial charge on any atom is 0.322 e. The predicted octanol–water partition coefficient (Wildman–Crippen LogP) is 1.84. The van der Waals surface area contributed by atoms with Gasteiger partial charge in [0.1, 0.15) is 6.04 Å². The molecule has 2 fully saturated rings. The minimum Gasteiger partial charge on any atom is -0.468 e. The van der Waals surface area contributed by atoms with Gasteiger partial charge in [0, 0.05) is 12.1 Å². The van der Waals surface area contributed by atoms with Crippen LogP contribution in [0.1, 0.15) is 51.9 Å². The zero-order valence-electron chi connectivity index (χ0n) is 12.3. The first-order valence-electron chi connectivity index (χ1n) is 7.79. The monoisotopic (exact) mass is 268 g/mol. The molecule has 2 N–H and O–H groups in total. The second-order valence-electron chi connectivity index (χ2n) is 6.02. The molecule has 1 saturated heterocycles. The van der Waals surface area contributed by atoms with E-state index in [0.717, 1.165) is 6.54 Å². The van der Waals surface area contributed by atoms with E-state index in [1.807, 2.05) is 6.92 Å². The Morgan fingerprint density at radius 1 is 1.21 bits per heavy atom. The molecule has 19 heavy (non-hydrogen) atoms. The van der Waals surface area contributed by atoms with E-state index in [1.54, 1.807) is 0 Å². The van der Waals surface area contributed by atoms with E-state index >= 15 is 0 Å². The second kappa shape index (κ2) is 7.25. The number of ether oxygens (including phenoxy) is 1. The molecule has 1 heterocycles. The number of hydrogen-bond donors (Lipinski definition) is 2. The average Bonchev–Trinajstić information content (AvgIpc) is 2.47. The van der Waals surface area contributed by atoms with E-state index in [2.05, 4.69) is 10.6 Å². The fourth-order valence-corrected chi connectivity index (χ4v) is 3.66. The van der Waals surface area contributed by atoms with Crippen LogP contribution in [-0.2, 0) is 9.53 Å². The third-order valence-electron chi connectivity index (χ3n) is 4.70. The zero-order valence-corrected chi connectivity index (χ0v) is 12.3. The van der Waals surface area contributed by atoms with Crippen LogP contribution >= 0.6 is 0 Å². The third kappa shape index (κ3) is 3.93. The number of carbonyl (C=O) groups is 1. The molecule has 2 aliphatic rings. The van der Waals surface area contributed by atoms with Crippen molar-refractivity contribution < 1.29 is 9.53 Å². The molecular weight excluding hydrogens is 240 g/mol. The van der Waals surface area contributed by atoms with Crippen molar-refractivity contribution in [2.24, 2.45) is 5.92 Å². The maximum absolute atomic E-state index is 11.6. The third-order valence-corrected chi connectivity index (χ3v) is 4.70. The van der Waals surface area contributed by atoms with Crippen molar-refractivity contribution >= 4 is 5.97 Å². The van der Waals surface area contributed by atoms with Crippen molar-refractivity contribution in [1.29, 1.82) is 0 Å². The number of piperidine rings is 1. The first-order chi connectivity index (χ1) is 9.22. The molecule has 0 bridgehead atoms. The van der Waals surface area contributed by atoms with Crippen LogP contribution in [0.25, 0.3) is 0 Å². The standard InChI is InChI=1S/C15H28N2O2/c1-11(15(18)19-2)17-14-9-4-3-7-12(14)13-8-5-6-10-16-13/h11-14,16-17H,3-10H2,1-2H3/t11-,12?,13?,14?/m0/s1. The van der Waals surface area contributed by atoms with Crippen LogP contribution in [0.4, 0.5) is 0 Å². The highest BCUT2D eigenvalue weighted by Gasteiger charge is 2.33. The summed E-state index contributed by atoms with van der Waals surface area (Å²) in [6, 6.07) is 0.897. The minimum absolute atomic E-state index is 0.152. The number of methoxy groups -OCH3 is 1. The van der Waals surface area contributed by atoms with Gasteiger partial charge in [-0.15, -0.1) is 0 Å². The van der Waals surface area contributed by atoms with Gasteiger partial charge in [0.25, 0.3) is 0 Å². The Morgan fingerprint density at radius 3 is 2.63 bits per heavy atom. The van der Waals surface area contributed by atoms with Crippen molar-refractivity contribution in [2.75, 3.05) is 13.7 Å². The van der Waals surface area contributed by atoms with Gasteiger partial charge in [0.2, 0.25) is 0 Å². The van der Waals surface area contributed by atoms with Gasteiger partial charge in [-0.05, 0) is 45.1 Å². The Bertz CT molecular complexity index is 290. The Hall–Kier alpha value is -0.610. The molecule has 0 radical (unpaired) electrons. The zero-order chi connectivity index (χ0) is 13.7. The lowest BCUT2D eigenvalue weighted by Crippen LogP contribution is -2.53. The van der Waals surface area contributed by atoms with Crippen molar-refractivity contribution in [3.05, 3.63) is 0 Å². The van der Waals surface area contributed by atoms with Crippen LogP contribution in [0, 0.1) is 5.92 Å². The Kier molecular flexibility index (Phi) is 5.64. The number of esters is 1. The highest BCUT2D eigenvalue weighted by atomic mass is 16.5. The topological polar surface area (TPSA) is 50.4 Å². The number of hydrogen-bond acceptors (Lipinski definition) is 4. The molecule has 2 rings (SSSR count). The molecule has 0 aromatic heterocycles. The molecule has 110 valence electrons. The van der Waals surface area contributed by atoms with Crippen LogP contribution in [0.2, 0.25) is 0 Å². The fraction of sp³-hybridized carbons (Fsp3) is 0.933. The summed E-state index contributed by atoms with van der Waals surface area (Å²) in [4.78, 5) is 11.6. The minimum atomic E-state index is -0.195. The molecule has 0 amide bonds. The first kappa shape index (κ1) is 14.8. The molecular formula is C15H28N2O2. The first-order valence-corrected chi connectivity index (χ1v) is 7.79. The molecule has 0 aromatic carbocycles. The lowest BCUT2D eigenvalue weighted by molar-refractivity contribution is -0.143. The van der Waals surface area contributed by atoms with Crippen molar-refractivity contribution in [1.82, 2.24) is 10.6 Å². The summed E-state index contributed by atoms with van der Waals surface area (Å²) in [6.07, 6.45) is 9.00. The molecule has 0 aromatic rings. The normalized spacial score (nSPS) is 33.7. The van der Waals surface area contributed by atoms with Crippen LogP contribution in [-0.4, -0.2) is 37.7 Å². The molecule has 1 aliphatic heterocycles. The van der Waals surface area contributed by atoms with Crippen LogP contribution in [0.15, 0.2) is 0 Å². The van der Waals surface area contributed by atoms with E-state index < -0.39 is 0 Å². The quantitative estimate of drug-likeness (QED) is 0.764. The largest absolute Gasteiger partial charge is 0.468 e. The van der Waals surface area contributed by atoms with Gasteiger partial charge in [0.15, 0.2) is 0 Å². The smallest absolute Gasteiger partial charge is 0.322 e. The maximum atomic E-state index is 11.6. The number of nitrogens with one attached hydrogen (secondary N) is 2. The van der Waals surface area contributed by atoms with Crippen LogP contribution in [0.3, 0.4) is 0 Å². The summed E-state index contributed by atoms with van der Waals surface area (Å²) in [7, 11) is 1.46. The molecule has 3 unspecified atom stereocenters. The summed E-state index contributed by atoms with van der Waals surface area (Å²) in [5.41, 5.74) is 0. The van der Waals surface area contributed by atoms with Gasteiger partial charge in [-0.1, -0.05) is 19.3 Å². The summed E-state index contributed by atoms with van der Waals surface area (Å²) < 4.78 is 4.82. The van der Waals surface area contributed by atoms with Gasteiger partial charge in [-0.25, -0.2) is 0 Å². The molecule has 4 atom stereocenters. The van der Waals surface area contributed by atoms with E-state index in [9.17, 15) is 4.79 Å². The Labute approximate surface area is 116 Å². The number of carbonyl (C=O) groups excluding carboxylic acids is 1. The van der Waals surface area contributed by atoms with Gasteiger partial charge in [-0.2, -0.15) is 0 Å². The molecule has 4 heteroatoms. The second-order valence-corrected chi connectivity index (χ2v) is 6.02. The fourth-order valence-electron chi connectivity index (χ4n) is 3.66. The molecule has 0 spiro atoms. The number of rotatable bonds is 4. The lowest BCUT2D eigenvalue weighted by Gasteiger charge is -2.40. The lowest BCUT2D eigenvalue weighted by atomic mass is 9.77.